The highest BCUT2D eigenvalue weighted by Gasteiger charge is 2.74. The molecule has 1 spiro atoms. The first-order chi connectivity index (χ1) is 18.4. The Kier molecular flexibility index (Phi) is 6.50. The third kappa shape index (κ3) is 4.18. The molecule has 4 aliphatic rings. The van der Waals surface area contributed by atoms with Gasteiger partial charge >= 0.3 is 6.09 Å². The third-order valence-corrected chi connectivity index (χ3v) is 8.07. The fraction of sp³-hybridized carbons (Fsp3) is 0.600. The maximum absolute atomic E-state index is 13.5. The fourth-order valence-corrected chi connectivity index (χ4v) is 5.97. The highest BCUT2D eigenvalue weighted by atomic mass is 16.5. The van der Waals surface area contributed by atoms with Crippen LogP contribution in [0.3, 0.4) is 0 Å². The quantitative estimate of drug-likeness (QED) is 0.201. The molecule has 14 nitrogen and oxygen atoms in total. The minimum atomic E-state index is -2.63. The molecule has 0 aromatic heterocycles. The largest absolute Gasteiger partial charge is 0.492 e. The summed E-state index contributed by atoms with van der Waals surface area (Å²) in [4.78, 5) is 26.9. The number of carbonyl (C=O) groups excluding carboxylic acids is 2. The van der Waals surface area contributed by atoms with Crippen LogP contribution in [-0.4, -0.2) is 94.9 Å². The molecule has 1 aromatic carbocycles. The zero-order valence-electron chi connectivity index (χ0n) is 22.2. The number of para-hydroxylation sites is 1. The number of rotatable bonds is 6. The van der Waals surface area contributed by atoms with Gasteiger partial charge in [0.05, 0.1) is 30.9 Å². The summed E-state index contributed by atoms with van der Waals surface area (Å²) in [6.45, 7) is 6.57. The van der Waals surface area contributed by atoms with E-state index in [9.17, 15) is 19.8 Å². The van der Waals surface area contributed by atoms with E-state index >= 15 is 0 Å². The second-order valence-electron chi connectivity index (χ2n) is 11.0. The molecular weight excluding hydrogens is 508 g/mol. The fourth-order valence-electron chi connectivity index (χ4n) is 5.97. The van der Waals surface area contributed by atoms with Crippen molar-refractivity contribution < 1.29 is 29.3 Å². The molecule has 3 unspecified atom stereocenters. The van der Waals surface area contributed by atoms with Crippen LogP contribution in [0, 0.1) is 10.8 Å². The van der Waals surface area contributed by atoms with Crippen LogP contribution in [0.15, 0.2) is 18.2 Å². The summed E-state index contributed by atoms with van der Waals surface area (Å²) in [6.07, 6.45) is 0.813. The van der Waals surface area contributed by atoms with Crippen LogP contribution in [0.1, 0.15) is 49.5 Å². The van der Waals surface area contributed by atoms with E-state index in [1.165, 1.54) is 4.90 Å². The molecule has 2 amide bonds. The van der Waals surface area contributed by atoms with Crippen molar-refractivity contribution in [3.05, 3.63) is 29.3 Å². The number of ether oxygens (including phenoxy) is 2. The molecule has 3 saturated heterocycles. The van der Waals surface area contributed by atoms with Crippen molar-refractivity contribution in [2.24, 2.45) is 0 Å². The van der Waals surface area contributed by atoms with E-state index in [1.807, 2.05) is 13.0 Å². The van der Waals surface area contributed by atoms with Crippen LogP contribution in [0.2, 0.25) is 0 Å². The van der Waals surface area contributed by atoms with Crippen molar-refractivity contribution in [3.8, 4) is 5.75 Å². The highest BCUT2D eigenvalue weighted by Crippen LogP contribution is 2.44. The molecule has 14 heteroatoms. The van der Waals surface area contributed by atoms with Gasteiger partial charge in [-0.3, -0.25) is 15.6 Å². The summed E-state index contributed by atoms with van der Waals surface area (Å²) in [5.74, 6) is -3.06. The summed E-state index contributed by atoms with van der Waals surface area (Å²) in [5, 5.41) is 54.1. The number of carbonyl (C=O) groups is 2. The molecule has 4 atom stereocenters. The number of nitrogens with one attached hydrogen (secondary N) is 7. The van der Waals surface area contributed by atoms with Gasteiger partial charge in [0.2, 0.25) is 5.79 Å². The van der Waals surface area contributed by atoms with Crippen molar-refractivity contribution in [1.82, 2.24) is 31.5 Å². The zero-order chi connectivity index (χ0) is 28.2. The first-order valence-electron chi connectivity index (χ1n) is 13.1. The number of hydrogen-bond donors (Lipinski definition) is 9. The van der Waals surface area contributed by atoms with Crippen LogP contribution in [-0.2, 0) is 10.2 Å². The van der Waals surface area contributed by atoms with Crippen molar-refractivity contribution in [2.75, 3.05) is 26.3 Å². The number of guanidine groups is 2. The topological polar surface area (TPSA) is 204 Å². The number of fused-ring (bicyclic) bond motifs is 1. The standard InChI is InChI=1S/C25H36N8O6/c1-4-9-39-22(35)28-11-15-18-24(32-20(26)31-18)25(36,37)16(12-33(24)21(27)29-15)30-19(34)13-6-5-7-14-17(13)38-10-8-23(14,2)3/h5-7,15-16,18,36-37H,4,8-12H2,1-3H3,(H2,27,29)(H,28,35)(H,30,34)(H3,26,31,32)/t15?,16-,18?,24?/m0/s1. The van der Waals surface area contributed by atoms with Crippen LogP contribution in [0.25, 0.3) is 0 Å². The Bertz CT molecular complexity index is 1210. The minimum absolute atomic E-state index is 0.0243. The van der Waals surface area contributed by atoms with E-state index in [0.29, 0.717) is 18.8 Å². The van der Waals surface area contributed by atoms with Gasteiger partial charge in [0.15, 0.2) is 17.6 Å². The van der Waals surface area contributed by atoms with Crippen LogP contribution >= 0.6 is 0 Å². The van der Waals surface area contributed by atoms with Crippen LogP contribution < -0.4 is 31.3 Å². The van der Waals surface area contributed by atoms with E-state index in [1.54, 1.807) is 12.1 Å². The van der Waals surface area contributed by atoms with E-state index in [0.717, 1.165) is 12.0 Å². The van der Waals surface area contributed by atoms with E-state index < -0.39 is 41.6 Å². The summed E-state index contributed by atoms with van der Waals surface area (Å²) < 4.78 is 10.9. The Morgan fingerprint density at radius 1 is 1.26 bits per heavy atom. The SMILES string of the molecule is CCCOC(=O)NCC1NC(=N)N2C[C@H](NC(=O)c3cccc4c3OCCC4(C)C)C(O)(O)C23NC(=N)NC13. The van der Waals surface area contributed by atoms with Gasteiger partial charge in [-0.15, -0.1) is 0 Å². The number of alkyl carbamates (subject to hydrolysis) is 1. The van der Waals surface area contributed by atoms with Crippen molar-refractivity contribution in [3.63, 3.8) is 0 Å². The van der Waals surface area contributed by atoms with Gasteiger partial charge in [0.1, 0.15) is 11.8 Å². The Morgan fingerprint density at radius 3 is 2.77 bits per heavy atom. The minimum Gasteiger partial charge on any atom is -0.492 e. The second kappa shape index (κ2) is 9.45. The first-order valence-corrected chi connectivity index (χ1v) is 13.1. The molecular formula is C25H36N8O6. The molecule has 1 aromatic rings. The van der Waals surface area contributed by atoms with Gasteiger partial charge in [-0.2, -0.15) is 0 Å². The van der Waals surface area contributed by atoms with Crippen molar-refractivity contribution in [1.29, 1.82) is 10.8 Å². The predicted octanol–water partition coefficient (Wildman–Crippen LogP) is -0.923. The molecule has 39 heavy (non-hydrogen) atoms. The lowest BCUT2D eigenvalue weighted by atomic mass is 9.79. The van der Waals surface area contributed by atoms with Crippen molar-refractivity contribution >= 4 is 23.9 Å². The van der Waals surface area contributed by atoms with Gasteiger partial charge in [-0.05, 0) is 24.3 Å². The Labute approximate surface area is 225 Å². The van der Waals surface area contributed by atoms with Crippen molar-refractivity contribution in [2.45, 2.75) is 68.6 Å². The van der Waals surface area contributed by atoms with E-state index in [-0.39, 0.29) is 42.6 Å². The molecule has 0 aliphatic carbocycles. The summed E-state index contributed by atoms with van der Waals surface area (Å²) in [6, 6.07) is 2.48. The molecule has 4 heterocycles. The predicted molar refractivity (Wildman–Crippen MR) is 140 cm³/mol. The molecule has 9 N–H and O–H groups in total. The summed E-state index contributed by atoms with van der Waals surface area (Å²) in [5.41, 5.74) is -0.786. The maximum Gasteiger partial charge on any atom is 0.407 e. The second-order valence-corrected chi connectivity index (χ2v) is 11.0. The Balaban J connectivity index is 1.40. The monoisotopic (exact) mass is 544 g/mol. The molecule has 0 saturated carbocycles. The average Bonchev–Trinajstić information content (AvgIpc) is 3.35. The molecule has 0 bridgehead atoms. The number of amides is 2. The summed E-state index contributed by atoms with van der Waals surface area (Å²) >= 11 is 0. The Morgan fingerprint density at radius 2 is 2.03 bits per heavy atom. The molecule has 3 fully saturated rings. The van der Waals surface area contributed by atoms with Crippen LogP contribution in [0.4, 0.5) is 4.79 Å². The smallest absolute Gasteiger partial charge is 0.407 e. The van der Waals surface area contributed by atoms with Crippen LogP contribution in [0.5, 0.6) is 5.75 Å². The lowest BCUT2D eigenvalue weighted by Crippen LogP contribution is -2.81. The van der Waals surface area contributed by atoms with Gasteiger partial charge in [-0.25, -0.2) is 4.79 Å². The molecule has 4 aliphatic heterocycles. The maximum atomic E-state index is 13.5. The number of nitrogens with zero attached hydrogens (tertiary/aromatic N) is 1. The first kappa shape index (κ1) is 26.8. The number of aliphatic hydroxyl groups is 2. The van der Waals surface area contributed by atoms with E-state index in [4.69, 9.17) is 20.3 Å². The lowest BCUT2D eigenvalue weighted by molar-refractivity contribution is -0.232. The Hall–Kier alpha value is -3.78. The van der Waals surface area contributed by atoms with Gasteiger partial charge in [0, 0.05) is 18.7 Å². The normalized spacial score (nSPS) is 29.5. The number of hydrogen-bond acceptors (Lipinski definition) is 8. The van der Waals surface area contributed by atoms with Gasteiger partial charge in [0.25, 0.3) is 5.91 Å². The highest BCUT2D eigenvalue weighted by molar-refractivity contribution is 5.98. The average molecular weight is 545 g/mol. The lowest BCUT2D eigenvalue weighted by Gasteiger charge is -2.51. The van der Waals surface area contributed by atoms with Gasteiger partial charge in [-0.1, -0.05) is 32.9 Å². The summed E-state index contributed by atoms with van der Waals surface area (Å²) in [7, 11) is 0. The zero-order valence-corrected chi connectivity index (χ0v) is 22.2. The molecule has 212 valence electrons. The number of benzene rings is 1. The molecule has 5 rings (SSSR count). The third-order valence-electron chi connectivity index (χ3n) is 8.07. The van der Waals surface area contributed by atoms with Gasteiger partial charge < -0.3 is 51.2 Å². The van der Waals surface area contributed by atoms with E-state index in [2.05, 4.69) is 40.4 Å². The molecule has 0 radical (unpaired) electrons.